The van der Waals surface area contributed by atoms with Crippen LogP contribution in [-0.4, -0.2) is 25.4 Å². The van der Waals surface area contributed by atoms with E-state index in [9.17, 15) is 0 Å². The molecular weight excluding hydrogens is 319 g/mol. The van der Waals surface area contributed by atoms with Crippen molar-refractivity contribution in [2.24, 2.45) is 0 Å². The number of rotatable bonds is 3. The van der Waals surface area contributed by atoms with Crippen molar-refractivity contribution in [1.82, 2.24) is 0 Å². The predicted octanol–water partition coefficient (Wildman–Crippen LogP) is 3.45. The molecule has 1 saturated heterocycles. The van der Waals surface area contributed by atoms with E-state index in [4.69, 9.17) is 14.0 Å². The van der Waals surface area contributed by atoms with Crippen LogP contribution < -0.4 is 10.2 Å². The van der Waals surface area contributed by atoms with E-state index in [0.717, 1.165) is 16.8 Å². The Labute approximate surface area is 130 Å². The van der Waals surface area contributed by atoms with Crippen LogP contribution in [0.1, 0.15) is 45.0 Å². The van der Waals surface area contributed by atoms with Crippen LogP contribution in [0.25, 0.3) is 0 Å². The minimum atomic E-state index is -0.346. The molecule has 0 unspecified atom stereocenters. The van der Waals surface area contributed by atoms with Crippen molar-refractivity contribution in [3.8, 4) is 5.75 Å². The number of hydrogen-bond acceptors (Lipinski definition) is 3. The third kappa shape index (κ3) is 2.76. The minimum Gasteiger partial charge on any atom is -0.497 e. The maximum atomic E-state index is 6.13. The van der Waals surface area contributed by atoms with Gasteiger partial charge in [0.1, 0.15) is 5.75 Å². The Morgan fingerprint density at radius 1 is 1.15 bits per heavy atom. The first kappa shape index (κ1) is 15.9. The molecule has 0 amide bonds. The molecule has 1 atom stereocenters. The number of ether oxygens (including phenoxy) is 1. The van der Waals surface area contributed by atoms with Gasteiger partial charge in [-0.25, -0.2) is 0 Å². The molecule has 1 aromatic carbocycles. The standard InChI is InChI=1S/C15H22BBrO3/c1-10(17)12-9-11(18-6)7-8-13(12)16-19-14(2,3)15(4,5)20-16/h7-10H,1-6H3/t10-/m1/s1. The summed E-state index contributed by atoms with van der Waals surface area (Å²) in [5, 5.41) is 0. The van der Waals surface area contributed by atoms with Gasteiger partial charge >= 0.3 is 7.12 Å². The average molecular weight is 341 g/mol. The van der Waals surface area contributed by atoms with Gasteiger partial charge in [-0.3, -0.25) is 0 Å². The molecule has 0 aliphatic carbocycles. The number of benzene rings is 1. The second kappa shape index (κ2) is 5.36. The fourth-order valence-electron chi connectivity index (χ4n) is 2.21. The largest absolute Gasteiger partial charge is 0.497 e. The van der Waals surface area contributed by atoms with Crippen molar-refractivity contribution < 1.29 is 14.0 Å². The number of methoxy groups -OCH3 is 1. The van der Waals surface area contributed by atoms with E-state index >= 15 is 0 Å². The lowest BCUT2D eigenvalue weighted by atomic mass is 9.75. The Morgan fingerprint density at radius 2 is 1.70 bits per heavy atom. The summed E-state index contributed by atoms with van der Waals surface area (Å²) >= 11 is 3.63. The molecule has 1 fully saturated rings. The maximum absolute atomic E-state index is 6.13. The van der Waals surface area contributed by atoms with Gasteiger partial charge in [0.15, 0.2) is 0 Å². The summed E-state index contributed by atoms with van der Waals surface area (Å²) in [7, 11) is 1.33. The highest BCUT2D eigenvalue weighted by Gasteiger charge is 2.52. The third-order valence-electron chi connectivity index (χ3n) is 4.23. The quantitative estimate of drug-likeness (QED) is 0.623. The second-order valence-electron chi connectivity index (χ2n) is 6.20. The first-order valence-electron chi connectivity index (χ1n) is 6.85. The van der Waals surface area contributed by atoms with Crippen molar-refractivity contribution in [3.05, 3.63) is 23.8 Å². The fourth-order valence-corrected chi connectivity index (χ4v) is 2.61. The van der Waals surface area contributed by atoms with Crippen molar-refractivity contribution in [2.75, 3.05) is 7.11 Å². The Bertz CT molecular complexity index is 484. The van der Waals surface area contributed by atoms with Gasteiger partial charge in [0.25, 0.3) is 0 Å². The highest BCUT2D eigenvalue weighted by Crippen LogP contribution is 2.37. The van der Waals surface area contributed by atoms with Crippen molar-refractivity contribution in [3.63, 3.8) is 0 Å². The molecule has 1 heterocycles. The highest BCUT2D eigenvalue weighted by atomic mass is 79.9. The molecule has 3 nitrogen and oxygen atoms in total. The van der Waals surface area contributed by atoms with Crippen LogP contribution in [0.5, 0.6) is 5.75 Å². The monoisotopic (exact) mass is 340 g/mol. The molecule has 0 N–H and O–H groups in total. The molecule has 0 radical (unpaired) electrons. The molecule has 1 aromatic rings. The molecule has 0 spiro atoms. The summed E-state index contributed by atoms with van der Waals surface area (Å²) in [6, 6.07) is 5.99. The van der Waals surface area contributed by atoms with E-state index in [1.54, 1.807) is 7.11 Å². The molecule has 110 valence electrons. The van der Waals surface area contributed by atoms with Gasteiger partial charge in [-0.05, 0) is 57.8 Å². The zero-order valence-electron chi connectivity index (χ0n) is 13.0. The van der Waals surface area contributed by atoms with Crippen LogP contribution in [0.2, 0.25) is 0 Å². The second-order valence-corrected chi connectivity index (χ2v) is 7.57. The van der Waals surface area contributed by atoms with Crippen molar-refractivity contribution in [2.45, 2.75) is 50.6 Å². The van der Waals surface area contributed by atoms with E-state index in [-0.39, 0.29) is 23.1 Å². The molecular formula is C15H22BBrO3. The van der Waals surface area contributed by atoms with Gasteiger partial charge < -0.3 is 14.0 Å². The topological polar surface area (TPSA) is 27.7 Å². The molecule has 5 heteroatoms. The molecule has 20 heavy (non-hydrogen) atoms. The van der Waals surface area contributed by atoms with Crippen LogP contribution in [-0.2, 0) is 9.31 Å². The predicted molar refractivity (Wildman–Crippen MR) is 86.1 cm³/mol. The van der Waals surface area contributed by atoms with Gasteiger partial charge in [0.2, 0.25) is 0 Å². The zero-order chi connectivity index (χ0) is 15.1. The van der Waals surface area contributed by atoms with Crippen molar-refractivity contribution in [1.29, 1.82) is 0 Å². The smallest absolute Gasteiger partial charge is 0.495 e. The summed E-state index contributed by atoms with van der Waals surface area (Å²) in [5.74, 6) is 0.839. The fraction of sp³-hybridized carbons (Fsp3) is 0.600. The lowest BCUT2D eigenvalue weighted by Gasteiger charge is -2.32. The Balaban J connectivity index is 2.39. The summed E-state index contributed by atoms with van der Waals surface area (Å²) in [4.78, 5) is 0.201. The van der Waals surface area contributed by atoms with Crippen LogP contribution in [0.3, 0.4) is 0 Å². The van der Waals surface area contributed by atoms with Gasteiger partial charge in [-0.15, -0.1) is 0 Å². The zero-order valence-corrected chi connectivity index (χ0v) is 14.6. The van der Waals surface area contributed by atoms with Crippen LogP contribution in [0.15, 0.2) is 18.2 Å². The third-order valence-corrected chi connectivity index (χ3v) is 4.72. The lowest BCUT2D eigenvalue weighted by molar-refractivity contribution is 0.00578. The van der Waals surface area contributed by atoms with Gasteiger partial charge in [0.05, 0.1) is 18.3 Å². The first-order chi connectivity index (χ1) is 9.18. The first-order valence-corrected chi connectivity index (χ1v) is 7.77. The maximum Gasteiger partial charge on any atom is 0.495 e. The minimum absolute atomic E-state index is 0.201. The Morgan fingerprint density at radius 3 is 2.15 bits per heavy atom. The van der Waals surface area contributed by atoms with Crippen LogP contribution in [0, 0.1) is 0 Å². The molecule has 0 bridgehead atoms. The number of halogens is 1. The van der Waals surface area contributed by atoms with Crippen LogP contribution >= 0.6 is 15.9 Å². The number of hydrogen-bond donors (Lipinski definition) is 0. The summed E-state index contributed by atoms with van der Waals surface area (Å²) in [6.45, 7) is 10.3. The molecule has 0 aromatic heterocycles. The summed E-state index contributed by atoms with van der Waals surface area (Å²) in [6.07, 6.45) is 0. The van der Waals surface area contributed by atoms with Crippen LogP contribution in [0.4, 0.5) is 0 Å². The Kier molecular flexibility index (Phi) is 4.25. The van der Waals surface area contributed by atoms with Gasteiger partial charge in [-0.2, -0.15) is 0 Å². The molecule has 1 aliphatic heterocycles. The number of alkyl halides is 1. The van der Waals surface area contributed by atoms with Gasteiger partial charge in [-0.1, -0.05) is 22.0 Å². The molecule has 0 saturated carbocycles. The van der Waals surface area contributed by atoms with E-state index in [0.29, 0.717) is 0 Å². The summed E-state index contributed by atoms with van der Waals surface area (Å²) < 4.78 is 17.6. The van der Waals surface area contributed by atoms with Crippen molar-refractivity contribution >= 4 is 28.5 Å². The SMILES string of the molecule is COc1ccc(B2OC(C)(C)C(C)(C)O2)c([C@@H](C)Br)c1. The molecule has 1 aliphatic rings. The van der Waals surface area contributed by atoms with E-state index in [1.165, 1.54) is 0 Å². The lowest BCUT2D eigenvalue weighted by Crippen LogP contribution is -2.41. The van der Waals surface area contributed by atoms with E-state index in [1.807, 2.05) is 18.2 Å². The average Bonchev–Trinajstić information content (AvgIpc) is 2.57. The normalized spacial score (nSPS) is 21.9. The van der Waals surface area contributed by atoms with E-state index in [2.05, 4.69) is 50.5 Å². The Hall–Kier alpha value is -0.515. The highest BCUT2D eigenvalue weighted by molar-refractivity contribution is 9.09. The van der Waals surface area contributed by atoms with E-state index < -0.39 is 0 Å². The van der Waals surface area contributed by atoms with Gasteiger partial charge in [0, 0.05) is 4.83 Å². The summed E-state index contributed by atoms with van der Waals surface area (Å²) in [5.41, 5.74) is 1.52. The molecule has 2 rings (SSSR count).